The van der Waals surface area contributed by atoms with Crippen molar-refractivity contribution in [1.29, 1.82) is 0 Å². The molecule has 0 aliphatic carbocycles. The molecule has 0 aromatic rings. The molecule has 1 N–H and O–H groups in total. The van der Waals surface area contributed by atoms with E-state index in [1.54, 1.807) is 0 Å². The van der Waals surface area contributed by atoms with Gasteiger partial charge in [-0.1, -0.05) is 30.7 Å². The first kappa shape index (κ1) is 10.4. The molecule has 11 heavy (non-hydrogen) atoms. The molecule has 1 atom stereocenters. The van der Waals surface area contributed by atoms with E-state index in [0.29, 0.717) is 5.92 Å². The largest absolute Gasteiger partial charge is 0.396 e. The van der Waals surface area contributed by atoms with Crippen LogP contribution in [0.2, 0.25) is 0 Å². The Hall–Kier alpha value is -0.560. The molecule has 0 unspecified atom stereocenters. The molecular formula is C10H18O. The predicted octanol–water partition coefficient (Wildman–Crippen LogP) is 2.53. The normalized spacial score (nSPS) is 15.8. The minimum absolute atomic E-state index is 0.255. The molecule has 0 bridgehead atoms. The lowest BCUT2D eigenvalue weighted by Crippen LogP contribution is -1.88. The van der Waals surface area contributed by atoms with Crippen LogP contribution in [0.25, 0.3) is 0 Å². The summed E-state index contributed by atoms with van der Waals surface area (Å²) < 4.78 is 0. The molecule has 0 saturated carbocycles. The second kappa shape index (κ2) is 6.17. The Bertz CT molecular complexity index is 145. The molecule has 0 spiro atoms. The number of rotatable bonds is 4. The van der Waals surface area contributed by atoms with Gasteiger partial charge in [-0.05, 0) is 26.2 Å². The molecule has 0 fully saturated rings. The molecule has 0 aliphatic rings. The topological polar surface area (TPSA) is 20.2 Å². The van der Waals surface area contributed by atoms with Gasteiger partial charge in [0.15, 0.2) is 0 Å². The lowest BCUT2D eigenvalue weighted by atomic mass is 10.1. The number of aliphatic hydroxyl groups is 1. The van der Waals surface area contributed by atoms with E-state index in [1.165, 1.54) is 5.57 Å². The molecule has 1 heteroatoms. The second-order valence-corrected chi connectivity index (χ2v) is 2.87. The van der Waals surface area contributed by atoms with Gasteiger partial charge in [0.1, 0.15) is 0 Å². The molecule has 1 nitrogen and oxygen atoms in total. The van der Waals surface area contributed by atoms with Crippen LogP contribution in [-0.2, 0) is 0 Å². The zero-order valence-electron chi connectivity index (χ0n) is 7.67. The van der Waals surface area contributed by atoms with Crippen LogP contribution in [0.4, 0.5) is 0 Å². The molecule has 0 rings (SSSR count). The Morgan fingerprint density at radius 2 is 2.18 bits per heavy atom. The standard InChI is InChI=1S/C10H18O/c1-4-5-9(2)8-10(3)6-7-11/h4-5,8-9,11H,6-7H2,1-3H3/b5-4+,10-8+/t9-/m0/s1. The van der Waals surface area contributed by atoms with Crippen LogP contribution < -0.4 is 0 Å². The van der Waals surface area contributed by atoms with E-state index < -0.39 is 0 Å². The molecule has 0 aliphatic heterocycles. The third kappa shape index (κ3) is 5.86. The lowest BCUT2D eigenvalue weighted by molar-refractivity contribution is 0.299. The van der Waals surface area contributed by atoms with Gasteiger partial charge in [-0.3, -0.25) is 0 Å². The molecule has 0 amide bonds. The van der Waals surface area contributed by atoms with Gasteiger partial charge < -0.3 is 5.11 Å². The van der Waals surface area contributed by atoms with Gasteiger partial charge in [-0.15, -0.1) is 0 Å². The van der Waals surface area contributed by atoms with Gasteiger partial charge in [0.05, 0.1) is 0 Å². The molecule has 0 heterocycles. The van der Waals surface area contributed by atoms with Crippen molar-refractivity contribution < 1.29 is 5.11 Å². The van der Waals surface area contributed by atoms with Gasteiger partial charge in [0, 0.05) is 6.61 Å². The maximum Gasteiger partial charge on any atom is 0.0468 e. The van der Waals surface area contributed by atoms with Crippen LogP contribution in [0.15, 0.2) is 23.8 Å². The van der Waals surface area contributed by atoms with Crippen LogP contribution in [0, 0.1) is 5.92 Å². The number of allylic oxidation sites excluding steroid dienone is 3. The van der Waals surface area contributed by atoms with Gasteiger partial charge >= 0.3 is 0 Å². The number of hydrogen-bond acceptors (Lipinski definition) is 1. The fourth-order valence-corrected chi connectivity index (χ4v) is 1.07. The van der Waals surface area contributed by atoms with E-state index in [-0.39, 0.29) is 6.61 Å². The fraction of sp³-hybridized carbons (Fsp3) is 0.600. The summed E-state index contributed by atoms with van der Waals surface area (Å²) >= 11 is 0. The van der Waals surface area contributed by atoms with E-state index in [1.807, 2.05) is 13.0 Å². The van der Waals surface area contributed by atoms with E-state index in [4.69, 9.17) is 5.11 Å². The Labute approximate surface area is 69.4 Å². The van der Waals surface area contributed by atoms with E-state index in [2.05, 4.69) is 26.0 Å². The SMILES string of the molecule is C/C=C/[C@H](C)/C=C(\C)CCO. The predicted molar refractivity (Wildman–Crippen MR) is 49.4 cm³/mol. The Kier molecular flexibility index (Phi) is 5.86. The summed E-state index contributed by atoms with van der Waals surface area (Å²) in [4.78, 5) is 0. The minimum atomic E-state index is 0.255. The first-order valence-corrected chi connectivity index (χ1v) is 4.11. The van der Waals surface area contributed by atoms with Gasteiger partial charge in [0.25, 0.3) is 0 Å². The monoisotopic (exact) mass is 154 g/mol. The quantitative estimate of drug-likeness (QED) is 0.617. The molecular weight excluding hydrogens is 136 g/mol. The summed E-state index contributed by atoms with van der Waals surface area (Å²) in [6.45, 7) is 6.47. The van der Waals surface area contributed by atoms with Crippen molar-refractivity contribution >= 4 is 0 Å². The maximum absolute atomic E-state index is 8.62. The Morgan fingerprint density at radius 3 is 2.64 bits per heavy atom. The van der Waals surface area contributed by atoms with E-state index >= 15 is 0 Å². The highest BCUT2D eigenvalue weighted by atomic mass is 16.2. The summed E-state index contributed by atoms with van der Waals surface area (Å²) in [5.41, 5.74) is 1.26. The van der Waals surface area contributed by atoms with Crippen LogP contribution in [0.3, 0.4) is 0 Å². The average molecular weight is 154 g/mol. The fourth-order valence-electron chi connectivity index (χ4n) is 1.07. The van der Waals surface area contributed by atoms with Crippen molar-refractivity contribution in [2.24, 2.45) is 5.92 Å². The molecule has 64 valence electrons. The van der Waals surface area contributed by atoms with Gasteiger partial charge in [-0.2, -0.15) is 0 Å². The summed E-state index contributed by atoms with van der Waals surface area (Å²) in [6.07, 6.45) is 7.16. The summed E-state index contributed by atoms with van der Waals surface area (Å²) in [6, 6.07) is 0. The third-order valence-electron chi connectivity index (χ3n) is 1.55. The first-order chi connectivity index (χ1) is 5.20. The molecule has 0 radical (unpaired) electrons. The zero-order chi connectivity index (χ0) is 8.69. The van der Waals surface area contributed by atoms with Crippen molar-refractivity contribution in [1.82, 2.24) is 0 Å². The average Bonchev–Trinajstić information content (AvgIpc) is 1.87. The highest BCUT2D eigenvalue weighted by molar-refractivity contribution is 5.05. The molecule has 0 aromatic heterocycles. The molecule has 0 aromatic carbocycles. The van der Waals surface area contributed by atoms with Crippen molar-refractivity contribution in [3.05, 3.63) is 23.8 Å². The van der Waals surface area contributed by atoms with Gasteiger partial charge in [0.2, 0.25) is 0 Å². The Morgan fingerprint density at radius 1 is 1.55 bits per heavy atom. The van der Waals surface area contributed by atoms with Crippen LogP contribution >= 0.6 is 0 Å². The number of aliphatic hydroxyl groups excluding tert-OH is 1. The van der Waals surface area contributed by atoms with E-state index in [9.17, 15) is 0 Å². The summed E-state index contributed by atoms with van der Waals surface area (Å²) in [5.74, 6) is 0.492. The zero-order valence-corrected chi connectivity index (χ0v) is 7.67. The first-order valence-electron chi connectivity index (χ1n) is 4.11. The van der Waals surface area contributed by atoms with Crippen LogP contribution in [-0.4, -0.2) is 11.7 Å². The van der Waals surface area contributed by atoms with Crippen molar-refractivity contribution in [3.8, 4) is 0 Å². The van der Waals surface area contributed by atoms with Crippen LogP contribution in [0.1, 0.15) is 27.2 Å². The van der Waals surface area contributed by atoms with Crippen LogP contribution in [0.5, 0.6) is 0 Å². The Balaban J connectivity index is 3.85. The highest BCUT2D eigenvalue weighted by Crippen LogP contribution is 2.06. The minimum Gasteiger partial charge on any atom is -0.396 e. The molecule has 0 saturated heterocycles. The van der Waals surface area contributed by atoms with Crippen molar-refractivity contribution in [3.63, 3.8) is 0 Å². The van der Waals surface area contributed by atoms with E-state index in [0.717, 1.165) is 6.42 Å². The summed E-state index contributed by atoms with van der Waals surface area (Å²) in [7, 11) is 0. The highest BCUT2D eigenvalue weighted by Gasteiger charge is 1.92. The maximum atomic E-state index is 8.62. The second-order valence-electron chi connectivity index (χ2n) is 2.87. The van der Waals surface area contributed by atoms with Crippen molar-refractivity contribution in [2.45, 2.75) is 27.2 Å². The number of hydrogen-bond donors (Lipinski definition) is 1. The lowest BCUT2D eigenvalue weighted by Gasteiger charge is -2.01. The smallest absolute Gasteiger partial charge is 0.0468 e. The van der Waals surface area contributed by atoms with Crippen molar-refractivity contribution in [2.75, 3.05) is 6.61 Å². The summed E-state index contributed by atoms with van der Waals surface area (Å²) in [5, 5.41) is 8.62. The third-order valence-corrected chi connectivity index (χ3v) is 1.55. The van der Waals surface area contributed by atoms with Gasteiger partial charge in [-0.25, -0.2) is 0 Å².